The van der Waals surface area contributed by atoms with Gasteiger partial charge in [0.2, 0.25) is 0 Å². The van der Waals surface area contributed by atoms with E-state index in [-0.39, 0.29) is 0 Å². The Kier molecular flexibility index (Phi) is 4.21. The van der Waals surface area contributed by atoms with E-state index >= 15 is 0 Å². The highest BCUT2D eigenvalue weighted by molar-refractivity contribution is 6.30. The second kappa shape index (κ2) is 5.67. The lowest BCUT2D eigenvalue weighted by molar-refractivity contribution is 0.294. The molecule has 0 aromatic heterocycles. The van der Waals surface area contributed by atoms with Crippen molar-refractivity contribution in [2.75, 3.05) is 6.54 Å². The fourth-order valence-corrected chi connectivity index (χ4v) is 2.40. The lowest BCUT2D eigenvalue weighted by Crippen LogP contribution is -2.48. The maximum Gasteiger partial charge on any atom is 0.0412 e. The zero-order valence-electron chi connectivity index (χ0n) is 9.95. The number of nitrogens with one attached hydrogen (secondary N) is 1. The molecule has 0 spiro atoms. The minimum Gasteiger partial charge on any atom is -0.328 e. The van der Waals surface area contributed by atoms with Crippen molar-refractivity contribution in [3.05, 3.63) is 40.9 Å². The van der Waals surface area contributed by atoms with Crippen LogP contribution in [0.4, 0.5) is 0 Å². The summed E-state index contributed by atoms with van der Waals surface area (Å²) in [6.45, 7) is 4.80. The van der Waals surface area contributed by atoms with Gasteiger partial charge in [-0.3, -0.25) is 0 Å². The number of hydrogen-bond acceptors (Lipinski definition) is 2. The first kappa shape index (κ1) is 12.6. The second-order valence-electron chi connectivity index (χ2n) is 4.68. The highest BCUT2D eigenvalue weighted by Crippen LogP contribution is 2.19. The second-order valence-corrected chi connectivity index (χ2v) is 5.12. The van der Waals surface area contributed by atoms with E-state index in [0.29, 0.717) is 12.1 Å². The number of halogens is 1. The molecule has 2 rings (SSSR count). The van der Waals surface area contributed by atoms with E-state index in [0.717, 1.165) is 36.4 Å². The Morgan fingerprint density at radius 2 is 2.24 bits per heavy atom. The standard InChI is InChI=1S/C14H19ClN2/c1-2-10-7-12(15)4-3-11(10)5-6-17-14-8-13(16)9-14/h2-4,7,13-14,17H,1,5-6,8-9,16H2/t13-,14+. The minimum atomic E-state index is 0.409. The van der Waals surface area contributed by atoms with Crippen LogP contribution in [0.2, 0.25) is 5.02 Å². The molecule has 0 atom stereocenters. The van der Waals surface area contributed by atoms with Gasteiger partial charge in [-0.25, -0.2) is 0 Å². The van der Waals surface area contributed by atoms with Crippen LogP contribution in [0.5, 0.6) is 0 Å². The summed E-state index contributed by atoms with van der Waals surface area (Å²) in [5.41, 5.74) is 8.17. The molecule has 0 bridgehead atoms. The molecule has 1 aromatic rings. The zero-order valence-corrected chi connectivity index (χ0v) is 10.7. The summed E-state index contributed by atoms with van der Waals surface area (Å²) >= 11 is 5.95. The van der Waals surface area contributed by atoms with Gasteiger partial charge in [0, 0.05) is 17.1 Å². The average Bonchev–Trinajstić information content (AvgIpc) is 2.28. The SMILES string of the molecule is C=Cc1cc(Cl)ccc1CCN[C@H]1C[C@@H](N)C1. The van der Waals surface area contributed by atoms with Crippen LogP contribution in [0, 0.1) is 0 Å². The fraction of sp³-hybridized carbons (Fsp3) is 0.429. The summed E-state index contributed by atoms with van der Waals surface area (Å²) in [6.07, 6.45) is 5.08. The third-order valence-corrected chi connectivity index (χ3v) is 3.56. The van der Waals surface area contributed by atoms with Crippen molar-refractivity contribution < 1.29 is 0 Å². The zero-order chi connectivity index (χ0) is 12.3. The van der Waals surface area contributed by atoms with E-state index in [2.05, 4.69) is 18.0 Å². The van der Waals surface area contributed by atoms with E-state index in [1.54, 1.807) is 0 Å². The van der Waals surface area contributed by atoms with Crippen molar-refractivity contribution >= 4 is 17.7 Å². The number of nitrogens with two attached hydrogens (primary N) is 1. The Hall–Kier alpha value is -0.830. The van der Waals surface area contributed by atoms with Crippen molar-refractivity contribution in [1.29, 1.82) is 0 Å². The van der Waals surface area contributed by atoms with Gasteiger partial charge in [0.1, 0.15) is 0 Å². The molecule has 3 N–H and O–H groups in total. The molecule has 2 nitrogen and oxygen atoms in total. The van der Waals surface area contributed by atoms with E-state index < -0.39 is 0 Å². The number of benzene rings is 1. The first-order valence-electron chi connectivity index (χ1n) is 6.09. The molecule has 1 aromatic carbocycles. The van der Waals surface area contributed by atoms with Crippen LogP contribution in [0.25, 0.3) is 6.08 Å². The van der Waals surface area contributed by atoms with Gasteiger partial charge >= 0.3 is 0 Å². The van der Waals surface area contributed by atoms with Crippen molar-refractivity contribution in [3.63, 3.8) is 0 Å². The summed E-state index contributed by atoms with van der Waals surface area (Å²) in [7, 11) is 0. The van der Waals surface area contributed by atoms with Gasteiger partial charge in [0.15, 0.2) is 0 Å². The predicted molar refractivity (Wildman–Crippen MR) is 74.2 cm³/mol. The number of rotatable bonds is 5. The van der Waals surface area contributed by atoms with E-state index in [1.807, 2.05) is 18.2 Å². The molecule has 17 heavy (non-hydrogen) atoms. The minimum absolute atomic E-state index is 0.409. The Bertz CT molecular complexity index is 397. The normalized spacial score (nSPS) is 23.2. The van der Waals surface area contributed by atoms with E-state index in [4.69, 9.17) is 17.3 Å². The summed E-state index contributed by atoms with van der Waals surface area (Å²) in [4.78, 5) is 0. The quantitative estimate of drug-likeness (QED) is 0.843. The number of hydrogen-bond donors (Lipinski definition) is 2. The van der Waals surface area contributed by atoms with Crippen molar-refractivity contribution in [2.24, 2.45) is 5.73 Å². The molecule has 0 saturated heterocycles. The maximum absolute atomic E-state index is 5.95. The van der Waals surface area contributed by atoms with Crippen LogP contribution >= 0.6 is 11.6 Å². The third kappa shape index (κ3) is 3.32. The Morgan fingerprint density at radius 1 is 1.47 bits per heavy atom. The van der Waals surface area contributed by atoms with Crippen LogP contribution < -0.4 is 11.1 Å². The largest absolute Gasteiger partial charge is 0.328 e. The van der Waals surface area contributed by atoms with Crippen LogP contribution in [-0.2, 0) is 6.42 Å². The van der Waals surface area contributed by atoms with E-state index in [1.165, 1.54) is 5.56 Å². The monoisotopic (exact) mass is 250 g/mol. The van der Waals surface area contributed by atoms with Gasteiger partial charge in [0.05, 0.1) is 0 Å². The molecular weight excluding hydrogens is 232 g/mol. The van der Waals surface area contributed by atoms with Crippen LogP contribution in [0.15, 0.2) is 24.8 Å². The van der Waals surface area contributed by atoms with Gasteiger partial charge in [-0.05, 0) is 49.1 Å². The molecule has 0 heterocycles. The molecule has 3 heteroatoms. The van der Waals surface area contributed by atoms with Crippen LogP contribution in [0.3, 0.4) is 0 Å². The van der Waals surface area contributed by atoms with Gasteiger partial charge in [-0.1, -0.05) is 30.3 Å². The summed E-state index contributed by atoms with van der Waals surface area (Å²) in [6, 6.07) is 7.00. The molecule has 0 amide bonds. The summed E-state index contributed by atoms with van der Waals surface area (Å²) in [5, 5.41) is 4.28. The van der Waals surface area contributed by atoms with Crippen LogP contribution in [-0.4, -0.2) is 18.6 Å². The Balaban J connectivity index is 1.84. The first-order valence-corrected chi connectivity index (χ1v) is 6.46. The molecule has 0 radical (unpaired) electrons. The highest BCUT2D eigenvalue weighted by Gasteiger charge is 2.24. The van der Waals surface area contributed by atoms with Gasteiger partial charge in [0.25, 0.3) is 0 Å². The lowest BCUT2D eigenvalue weighted by atomic mass is 9.87. The molecule has 1 aliphatic rings. The summed E-state index contributed by atoms with van der Waals surface area (Å²) < 4.78 is 0. The maximum atomic E-state index is 5.95. The predicted octanol–water partition coefficient (Wildman–Crippen LogP) is 2.60. The Morgan fingerprint density at radius 3 is 2.88 bits per heavy atom. The smallest absolute Gasteiger partial charge is 0.0412 e. The van der Waals surface area contributed by atoms with Gasteiger partial charge in [-0.2, -0.15) is 0 Å². The van der Waals surface area contributed by atoms with Crippen LogP contribution in [0.1, 0.15) is 24.0 Å². The van der Waals surface area contributed by atoms with Crippen molar-refractivity contribution in [3.8, 4) is 0 Å². The van der Waals surface area contributed by atoms with E-state index in [9.17, 15) is 0 Å². The van der Waals surface area contributed by atoms with Gasteiger partial charge < -0.3 is 11.1 Å². The topological polar surface area (TPSA) is 38.0 Å². The summed E-state index contributed by atoms with van der Waals surface area (Å²) in [5.74, 6) is 0. The molecule has 1 aliphatic carbocycles. The molecule has 1 saturated carbocycles. The average molecular weight is 251 g/mol. The molecular formula is C14H19ClN2. The molecule has 0 unspecified atom stereocenters. The molecule has 92 valence electrons. The highest BCUT2D eigenvalue weighted by atomic mass is 35.5. The van der Waals surface area contributed by atoms with Crippen molar-refractivity contribution in [1.82, 2.24) is 5.32 Å². The van der Waals surface area contributed by atoms with Crippen molar-refractivity contribution in [2.45, 2.75) is 31.3 Å². The van der Waals surface area contributed by atoms with Gasteiger partial charge in [-0.15, -0.1) is 0 Å². The Labute approximate surface area is 108 Å². The lowest BCUT2D eigenvalue weighted by Gasteiger charge is -2.33. The fourth-order valence-electron chi connectivity index (χ4n) is 2.22. The molecule has 0 aliphatic heterocycles. The molecule has 1 fully saturated rings. The first-order chi connectivity index (χ1) is 8.19. The third-order valence-electron chi connectivity index (χ3n) is 3.33.